The highest BCUT2D eigenvalue weighted by atomic mass is 16.3. The summed E-state index contributed by atoms with van der Waals surface area (Å²) in [7, 11) is 0. The van der Waals surface area contributed by atoms with E-state index in [-0.39, 0.29) is 5.78 Å². The molecule has 4 heteroatoms. The normalized spacial score (nSPS) is 11.1. The predicted octanol–water partition coefficient (Wildman–Crippen LogP) is 2.53. The molecule has 14 heavy (non-hydrogen) atoms. The van der Waals surface area contributed by atoms with E-state index in [2.05, 4.69) is 12.2 Å². The molecule has 0 aliphatic heterocycles. The zero-order valence-electron chi connectivity index (χ0n) is 9.54. The highest BCUT2D eigenvalue weighted by molar-refractivity contribution is 5.76. The Balaban J connectivity index is 4.31. The first-order chi connectivity index (χ1) is 6.44. The van der Waals surface area contributed by atoms with E-state index in [9.17, 15) is 9.70 Å². The van der Waals surface area contributed by atoms with Gasteiger partial charge in [0.25, 0.3) is 0 Å². The van der Waals surface area contributed by atoms with Crippen LogP contribution < -0.4 is 0 Å². The third kappa shape index (κ3) is 4.35. The van der Waals surface area contributed by atoms with Crippen molar-refractivity contribution in [3.05, 3.63) is 4.91 Å². The van der Waals surface area contributed by atoms with Crippen molar-refractivity contribution in [3.8, 4) is 0 Å². The molecule has 0 heterocycles. The van der Waals surface area contributed by atoms with Gasteiger partial charge >= 0.3 is 0 Å². The number of carbonyl (C=O) groups is 1. The lowest BCUT2D eigenvalue weighted by Gasteiger charge is -2.32. The number of nitrogens with zero attached hydrogens (tertiary/aromatic N) is 2. The first-order valence-corrected chi connectivity index (χ1v) is 5.04. The van der Waals surface area contributed by atoms with E-state index in [0.717, 1.165) is 12.8 Å². The summed E-state index contributed by atoms with van der Waals surface area (Å²) in [6.07, 6.45) is 2.30. The minimum Gasteiger partial charge on any atom is -0.300 e. The Labute approximate surface area is 85.6 Å². The van der Waals surface area contributed by atoms with Crippen LogP contribution in [0.1, 0.15) is 47.0 Å². The van der Waals surface area contributed by atoms with E-state index in [1.165, 1.54) is 11.9 Å². The Morgan fingerprint density at radius 3 is 2.36 bits per heavy atom. The molecule has 0 atom stereocenters. The molecule has 0 bridgehead atoms. The van der Waals surface area contributed by atoms with E-state index in [0.29, 0.717) is 13.0 Å². The standard InChI is InChI=1S/C10H20N2O2/c1-5-6-7-12(11-14)10(3,4)8-9(2)13/h5-8H2,1-4H3. The number of ketones is 1. The zero-order valence-corrected chi connectivity index (χ0v) is 9.54. The Hall–Kier alpha value is -0.930. The van der Waals surface area contributed by atoms with Crippen molar-refractivity contribution in [1.82, 2.24) is 5.01 Å². The van der Waals surface area contributed by atoms with Crippen molar-refractivity contribution < 1.29 is 4.79 Å². The summed E-state index contributed by atoms with van der Waals surface area (Å²) >= 11 is 0. The maximum atomic E-state index is 11.0. The quantitative estimate of drug-likeness (QED) is 0.468. The Kier molecular flexibility index (Phi) is 5.35. The average Bonchev–Trinajstić information content (AvgIpc) is 2.02. The molecule has 0 aromatic heterocycles. The number of nitroso groups, excluding NO2 is 1. The van der Waals surface area contributed by atoms with Crippen LogP contribution in [0.15, 0.2) is 5.29 Å². The van der Waals surface area contributed by atoms with Gasteiger partial charge in [-0.15, -0.1) is 4.91 Å². The molecule has 0 fully saturated rings. The van der Waals surface area contributed by atoms with E-state index in [1.54, 1.807) is 0 Å². The third-order valence-electron chi connectivity index (χ3n) is 2.20. The van der Waals surface area contributed by atoms with Gasteiger partial charge < -0.3 is 0 Å². The van der Waals surface area contributed by atoms with Crippen molar-refractivity contribution >= 4 is 5.78 Å². The van der Waals surface area contributed by atoms with Crippen LogP contribution in [0.4, 0.5) is 0 Å². The largest absolute Gasteiger partial charge is 0.300 e. The Bertz CT molecular complexity index is 202. The van der Waals surface area contributed by atoms with E-state index in [4.69, 9.17) is 0 Å². The van der Waals surface area contributed by atoms with Gasteiger partial charge in [0.1, 0.15) is 5.78 Å². The summed E-state index contributed by atoms with van der Waals surface area (Å²) in [5, 5.41) is 4.45. The monoisotopic (exact) mass is 200 g/mol. The fourth-order valence-electron chi connectivity index (χ4n) is 1.46. The number of hydrogen-bond donors (Lipinski definition) is 0. The average molecular weight is 200 g/mol. The summed E-state index contributed by atoms with van der Waals surface area (Å²) in [6.45, 7) is 7.95. The molecular weight excluding hydrogens is 180 g/mol. The summed E-state index contributed by atoms with van der Waals surface area (Å²) in [5.41, 5.74) is -0.456. The number of unbranched alkanes of at least 4 members (excludes halogenated alkanes) is 1. The van der Waals surface area contributed by atoms with Gasteiger partial charge in [0.15, 0.2) is 0 Å². The number of carbonyl (C=O) groups excluding carboxylic acids is 1. The first-order valence-electron chi connectivity index (χ1n) is 5.04. The number of hydrogen-bond acceptors (Lipinski definition) is 3. The van der Waals surface area contributed by atoms with Gasteiger partial charge in [0.2, 0.25) is 0 Å². The van der Waals surface area contributed by atoms with Crippen LogP contribution >= 0.6 is 0 Å². The summed E-state index contributed by atoms with van der Waals surface area (Å²) < 4.78 is 0. The van der Waals surface area contributed by atoms with Gasteiger partial charge in [-0.05, 0) is 27.2 Å². The maximum Gasteiger partial charge on any atom is 0.132 e. The van der Waals surface area contributed by atoms with E-state index >= 15 is 0 Å². The third-order valence-corrected chi connectivity index (χ3v) is 2.20. The van der Waals surface area contributed by atoms with Crippen LogP contribution in [-0.2, 0) is 4.79 Å². The van der Waals surface area contributed by atoms with E-state index < -0.39 is 5.54 Å². The smallest absolute Gasteiger partial charge is 0.132 e. The molecule has 0 saturated heterocycles. The highest BCUT2D eigenvalue weighted by Gasteiger charge is 2.27. The van der Waals surface area contributed by atoms with Crippen molar-refractivity contribution in [3.63, 3.8) is 0 Å². The summed E-state index contributed by atoms with van der Waals surface area (Å²) in [4.78, 5) is 21.6. The van der Waals surface area contributed by atoms with Crippen LogP contribution in [0.2, 0.25) is 0 Å². The molecule has 0 spiro atoms. The molecule has 0 saturated carbocycles. The van der Waals surface area contributed by atoms with Gasteiger partial charge in [-0.3, -0.25) is 9.80 Å². The molecule has 0 rings (SSSR count). The molecule has 0 aliphatic carbocycles. The summed E-state index contributed by atoms with van der Waals surface area (Å²) in [5.74, 6) is 0.0835. The zero-order chi connectivity index (χ0) is 11.2. The molecule has 0 aliphatic rings. The second kappa shape index (κ2) is 5.73. The second-order valence-electron chi connectivity index (χ2n) is 4.25. The maximum absolute atomic E-state index is 11.0. The van der Waals surface area contributed by atoms with Gasteiger partial charge in [0.05, 0.1) is 10.8 Å². The minimum absolute atomic E-state index is 0.0835. The lowest BCUT2D eigenvalue weighted by Crippen LogP contribution is -2.42. The molecule has 0 N–H and O–H groups in total. The van der Waals surface area contributed by atoms with Crippen molar-refractivity contribution in [1.29, 1.82) is 0 Å². The molecule has 0 unspecified atom stereocenters. The van der Waals surface area contributed by atoms with Gasteiger partial charge in [0, 0.05) is 13.0 Å². The van der Waals surface area contributed by atoms with Crippen LogP contribution in [0.5, 0.6) is 0 Å². The molecule has 82 valence electrons. The van der Waals surface area contributed by atoms with Crippen molar-refractivity contribution in [2.45, 2.75) is 52.5 Å². The topological polar surface area (TPSA) is 49.7 Å². The molecule has 4 nitrogen and oxygen atoms in total. The van der Waals surface area contributed by atoms with Crippen LogP contribution in [-0.4, -0.2) is 22.9 Å². The predicted molar refractivity (Wildman–Crippen MR) is 56.8 cm³/mol. The lowest BCUT2D eigenvalue weighted by molar-refractivity contribution is -0.119. The fourth-order valence-corrected chi connectivity index (χ4v) is 1.46. The van der Waals surface area contributed by atoms with Crippen molar-refractivity contribution in [2.75, 3.05) is 6.54 Å². The SMILES string of the molecule is CCCCN(N=O)C(C)(C)CC(C)=O. The first kappa shape index (κ1) is 13.1. The highest BCUT2D eigenvalue weighted by Crippen LogP contribution is 2.20. The molecule has 0 aromatic carbocycles. The number of rotatable bonds is 7. The second-order valence-corrected chi connectivity index (χ2v) is 4.25. The Morgan fingerprint density at radius 2 is 2.00 bits per heavy atom. The number of Topliss-reactive ketones (excluding diaryl/α,β-unsaturated/α-hetero) is 1. The molecule has 0 aromatic rings. The van der Waals surface area contributed by atoms with Crippen LogP contribution in [0.3, 0.4) is 0 Å². The lowest BCUT2D eigenvalue weighted by atomic mass is 9.97. The summed E-state index contributed by atoms with van der Waals surface area (Å²) in [6, 6.07) is 0. The molecular formula is C10H20N2O2. The van der Waals surface area contributed by atoms with Gasteiger partial charge in [-0.1, -0.05) is 13.3 Å². The van der Waals surface area contributed by atoms with Crippen LogP contribution in [0, 0.1) is 4.91 Å². The fraction of sp³-hybridized carbons (Fsp3) is 0.900. The van der Waals surface area contributed by atoms with Gasteiger partial charge in [-0.25, -0.2) is 0 Å². The van der Waals surface area contributed by atoms with Crippen LogP contribution in [0.25, 0.3) is 0 Å². The van der Waals surface area contributed by atoms with E-state index in [1.807, 2.05) is 13.8 Å². The molecule has 0 amide bonds. The minimum atomic E-state index is -0.456. The Morgan fingerprint density at radius 1 is 1.43 bits per heavy atom. The van der Waals surface area contributed by atoms with Gasteiger partial charge in [-0.2, -0.15) is 0 Å². The van der Waals surface area contributed by atoms with Crippen molar-refractivity contribution in [2.24, 2.45) is 5.29 Å². The molecule has 0 radical (unpaired) electrons.